The second-order valence-corrected chi connectivity index (χ2v) is 4.23. The van der Waals surface area contributed by atoms with Gasteiger partial charge in [-0.1, -0.05) is 0 Å². The average molecular weight is 243 g/mol. The van der Waals surface area contributed by atoms with Gasteiger partial charge in [0.05, 0.1) is 19.9 Å². The zero-order valence-corrected chi connectivity index (χ0v) is 10.4. The van der Waals surface area contributed by atoms with Crippen molar-refractivity contribution >= 4 is 11.8 Å². The minimum Gasteiger partial charge on any atom is -0.493 e. The molecule has 0 radical (unpaired) electrons. The molecule has 0 aliphatic rings. The fraction of sp³-hybridized carbons (Fsp3) is 0.545. The molecule has 0 bridgehead atoms. The summed E-state index contributed by atoms with van der Waals surface area (Å²) < 4.78 is 10.5. The predicted molar refractivity (Wildman–Crippen MR) is 65.2 cm³/mol. The highest BCUT2D eigenvalue weighted by Crippen LogP contribution is 2.31. The summed E-state index contributed by atoms with van der Waals surface area (Å²) in [6, 6.07) is 1.78. The lowest BCUT2D eigenvalue weighted by molar-refractivity contribution is 0.296. The van der Waals surface area contributed by atoms with E-state index in [1.165, 1.54) is 0 Å². The van der Waals surface area contributed by atoms with E-state index in [4.69, 9.17) is 14.6 Å². The molecule has 90 valence electrons. The number of rotatable bonds is 7. The van der Waals surface area contributed by atoms with E-state index in [1.807, 2.05) is 0 Å². The third kappa shape index (κ3) is 3.57. The molecule has 4 nitrogen and oxygen atoms in total. The van der Waals surface area contributed by atoms with E-state index < -0.39 is 0 Å². The van der Waals surface area contributed by atoms with Gasteiger partial charge in [-0.3, -0.25) is 4.98 Å². The molecule has 0 aliphatic heterocycles. The van der Waals surface area contributed by atoms with Gasteiger partial charge in [-0.2, -0.15) is 11.8 Å². The van der Waals surface area contributed by atoms with Gasteiger partial charge in [0, 0.05) is 24.6 Å². The van der Waals surface area contributed by atoms with Gasteiger partial charge in [-0.25, -0.2) is 0 Å². The van der Waals surface area contributed by atoms with Crippen molar-refractivity contribution in [2.24, 2.45) is 0 Å². The Bertz CT molecular complexity index is 320. The fourth-order valence-electron chi connectivity index (χ4n) is 1.29. The molecular weight excluding hydrogens is 226 g/mol. The molecule has 16 heavy (non-hydrogen) atoms. The number of thioether (sulfide) groups is 1. The van der Waals surface area contributed by atoms with Crippen molar-refractivity contribution in [2.75, 3.05) is 26.6 Å². The molecule has 0 aromatic carbocycles. The smallest absolute Gasteiger partial charge is 0.183 e. The van der Waals surface area contributed by atoms with Gasteiger partial charge < -0.3 is 14.6 Å². The first kappa shape index (κ1) is 13.1. The maximum absolute atomic E-state index is 8.67. The zero-order chi connectivity index (χ0) is 11.8. The van der Waals surface area contributed by atoms with Gasteiger partial charge in [-0.15, -0.1) is 0 Å². The summed E-state index contributed by atoms with van der Waals surface area (Å²) >= 11 is 1.72. The number of hydrogen-bond donors (Lipinski definition) is 1. The van der Waals surface area contributed by atoms with Crippen LogP contribution in [0.5, 0.6) is 11.5 Å². The summed E-state index contributed by atoms with van der Waals surface area (Å²) in [4.78, 5) is 4.27. The summed E-state index contributed by atoms with van der Waals surface area (Å²) in [6.45, 7) is 0.232. The number of pyridine rings is 1. The molecule has 1 N–H and O–H groups in total. The van der Waals surface area contributed by atoms with Crippen LogP contribution in [-0.4, -0.2) is 36.7 Å². The van der Waals surface area contributed by atoms with Gasteiger partial charge in [0.2, 0.25) is 0 Å². The van der Waals surface area contributed by atoms with Crippen LogP contribution in [0, 0.1) is 0 Å². The molecule has 0 atom stereocenters. The number of aliphatic hydroxyl groups is 1. The van der Waals surface area contributed by atoms with Crippen LogP contribution in [0.25, 0.3) is 0 Å². The third-order valence-electron chi connectivity index (χ3n) is 2.05. The number of hydrogen-bond acceptors (Lipinski definition) is 5. The highest BCUT2D eigenvalue weighted by molar-refractivity contribution is 7.98. The first-order chi connectivity index (χ1) is 7.83. The van der Waals surface area contributed by atoms with E-state index in [0.29, 0.717) is 11.5 Å². The Balaban J connectivity index is 2.63. The number of aliphatic hydroxyl groups excluding tert-OH is 1. The van der Waals surface area contributed by atoms with Crippen LogP contribution in [0.4, 0.5) is 0 Å². The molecule has 5 heteroatoms. The largest absolute Gasteiger partial charge is 0.493 e. The van der Waals surface area contributed by atoms with Crippen LogP contribution in [0.1, 0.15) is 12.1 Å². The number of nitrogens with zero attached hydrogens (tertiary/aromatic N) is 1. The average Bonchev–Trinajstić information content (AvgIpc) is 2.34. The molecule has 1 aromatic heterocycles. The number of aromatic nitrogens is 1. The standard InChI is InChI=1S/C11H17NO3S/c1-14-10-4-5-12-9(11(10)15-2)8-16-7-3-6-13/h4-5,13H,3,6-8H2,1-2H3. The van der Waals surface area contributed by atoms with Crippen LogP contribution in [0.15, 0.2) is 12.3 Å². The fourth-order valence-corrected chi connectivity index (χ4v) is 2.17. The predicted octanol–water partition coefficient (Wildman–Crippen LogP) is 1.71. The molecule has 0 unspecified atom stereocenters. The summed E-state index contributed by atoms with van der Waals surface area (Å²) in [7, 11) is 3.22. The molecule has 1 aromatic rings. The van der Waals surface area contributed by atoms with E-state index in [-0.39, 0.29) is 6.61 Å². The van der Waals surface area contributed by atoms with Crippen LogP contribution in [-0.2, 0) is 5.75 Å². The summed E-state index contributed by atoms with van der Waals surface area (Å²) in [5.74, 6) is 3.08. The lowest BCUT2D eigenvalue weighted by atomic mass is 10.3. The Hall–Kier alpha value is -0.940. The number of ether oxygens (including phenoxy) is 2. The van der Waals surface area contributed by atoms with Crippen molar-refractivity contribution in [3.05, 3.63) is 18.0 Å². The first-order valence-electron chi connectivity index (χ1n) is 5.08. The van der Waals surface area contributed by atoms with Crippen LogP contribution in [0.3, 0.4) is 0 Å². The molecule has 0 fully saturated rings. The lowest BCUT2D eigenvalue weighted by Crippen LogP contribution is -1.98. The minimum absolute atomic E-state index is 0.232. The van der Waals surface area contributed by atoms with E-state index in [9.17, 15) is 0 Å². The Morgan fingerprint density at radius 2 is 2.19 bits per heavy atom. The Kier molecular flexibility index (Phi) is 6.03. The van der Waals surface area contributed by atoms with Gasteiger partial charge >= 0.3 is 0 Å². The molecule has 1 heterocycles. The van der Waals surface area contributed by atoms with E-state index in [0.717, 1.165) is 23.6 Å². The maximum Gasteiger partial charge on any atom is 0.183 e. The van der Waals surface area contributed by atoms with E-state index in [1.54, 1.807) is 38.2 Å². The Morgan fingerprint density at radius 1 is 1.38 bits per heavy atom. The van der Waals surface area contributed by atoms with E-state index >= 15 is 0 Å². The van der Waals surface area contributed by atoms with E-state index in [2.05, 4.69) is 4.98 Å². The molecule has 0 saturated heterocycles. The van der Waals surface area contributed by atoms with Crippen molar-refractivity contribution in [3.8, 4) is 11.5 Å². The molecule has 0 amide bonds. The third-order valence-corrected chi connectivity index (χ3v) is 3.11. The van der Waals surface area contributed by atoms with Crippen LogP contribution >= 0.6 is 11.8 Å². The first-order valence-corrected chi connectivity index (χ1v) is 6.23. The SMILES string of the molecule is COc1ccnc(CSCCCO)c1OC. The normalized spacial score (nSPS) is 10.2. The molecule has 0 saturated carbocycles. The Morgan fingerprint density at radius 3 is 2.81 bits per heavy atom. The highest BCUT2D eigenvalue weighted by Gasteiger charge is 2.10. The van der Waals surface area contributed by atoms with Gasteiger partial charge in [0.25, 0.3) is 0 Å². The summed E-state index contributed by atoms with van der Waals surface area (Å²) in [6.07, 6.45) is 2.51. The van der Waals surface area contributed by atoms with Crippen LogP contribution in [0.2, 0.25) is 0 Å². The molecular formula is C11H17NO3S. The van der Waals surface area contributed by atoms with Crippen molar-refractivity contribution < 1.29 is 14.6 Å². The Labute approximate surface area is 100.0 Å². The summed E-state index contributed by atoms with van der Waals surface area (Å²) in [5.41, 5.74) is 0.879. The van der Waals surface area contributed by atoms with Gasteiger partial charge in [-0.05, 0) is 12.2 Å². The summed E-state index contributed by atoms with van der Waals surface area (Å²) in [5, 5.41) is 8.67. The zero-order valence-electron chi connectivity index (χ0n) is 9.60. The monoisotopic (exact) mass is 243 g/mol. The van der Waals surface area contributed by atoms with Gasteiger partial charge in [0.1, 0.15) is 0 Å². The quantitative estimate of drug-likeness (QED) is 0.739. The minimum atomic E-state index is 0.232. The van der Waals surface area contributed by atoms with Crippen molar-refractivity contribution in [3.63, 3.8) is 0 Å². The van der Waals surface area contributed by atoms with Crippen molar-refractivity contribution in [1.82, 2.24) is 4.98 Å². The molecule has 0 aliphatic carbocycles. The molecule has 0 spiro atoms. The maximum atomic E-state index is 8.67. The number of methoxy groups -OCH3 is 2. The second kappa shape index (κ2) is 7.35. The van der Waals surface area contributed by atoms with Crippen molar-refractivity contribution in [1.29, 1.82) is 0 Å². The van der Waals surface area contributed by atoms with Crippen molar-refractivity contribution in [2.45, 2.75) is 12.2 Å². The van der Waals surface area contributed by atoms with Gasteiger partial charge in [0.15, 0.2) is 11.5 Å². The molecule has 1 rings (SSSR count). The lowest BCUT2D eigenvalue weighted by Gasteiger charge is -2.11. The second-order valence-electron chi connectivity index (χ2n) is 3.12. The topological polar surface area (TPSA) is 51.6 Å². The highest BCUT2D eigenvalue weighted by atomic mass is 32.2. The van der Waals surface area contributed by atoms with Crippen LogP contribution < -0.4 is 9.47 Å².